The number of hydrogen-bond donors (Lipinski definition) is 0. The van der Waals surface area contributed by atoms with Crippen molar-refractivity contribution < 1.29 is 19.2 Å². The number of carbonyl (C=O) groups is 2. The zero-order valence-electron chi connectivity index (χ0n) is 15.6. The van der Waals surface area contributed by atoms with Gasteiger partial charge < -0.3 is 14.5 Å². The predicted octanol–water partition coefficient (Wildman–Crippen LogP) is 2.75. The zero-order chi connectivity index (χ0) is 19.4. The highest BCUT2D eigenvalue weighted by Crippen LogP contribution is 2.29. The molecule has 1 atom stereocenters. The number of amides is 1. The van der Waals surface area contributed by atoms with Crippen LogP contribution >= 0.6 is 0 Å². The van der Waals surface area contributed by atoms with Gasteiger partial charge in [-0.15, -0.1) is 0 Å². The molecule has 8 heteroatoms. The summed E-state index contributed by atoms with van der Waals surface area (Å²) in [5.74, 6) is -0.915. The third-order valence-electron chi connectivity index (χ3n) is 5.31. The number of nitro benzene ring substituents is 1. The SMILES string of the molecule is C[C@@H]1CCCCN1C(=O)COC(=O)c1cc([N+](=O)[O-])ccc1N1CCCC1. The third-order valence-corrected chi connectivity index (χ3v) is 5.31. The summed E-state index contributed by atoms with van der Waals surface area (Å²) in [6.07, 6.45) is 5.02. The first-order valence-electron chi connectivity index (χ1n) is 9.47. The highest BCUT2D eigenvalue weighted by Gasteiger charge is 2.26. The number of benzene rings is 1. The molecule has 27 heavy (non-hydrogen) atoms. The summed E-state index contributed by atoms with van der Waals surface area (Å²) in [7, 11) is 0. The summed E-state index contributed by atoms with van der Waals surface area (Å²) < 4.78 is 5.25. The van der Waals surface area contributed by atoms with Gasteiger partial charge in [-0.05, 0) is 45.1 Å². The van der Waals surface area contributed by atoms with Gasteiger partial charge in [0.05, 0.1) is 16.2 Å². The molecule has 1 aromatic rings. The van der Waals surface area contributed by atoms with Gasteiger partial charge >= 0.3 is 5.97 Å². The molecule has 146 valence electrons. The number of ether oxygens (including phenoxy) is 1. The fourth-order valence-corrected chi connectivity index (χ4v) is 3.79. The first-order valence-corrected chi connectivity index (χ1v) is 9.47. The van der Waals surface area contributed by atoms with Crippen LogP contribution < -0.4 is 4.90 Å². The Labute approximate surface area is 158 Å². The molecule has 1 amide bonds. The molecule has 2 fully saturated rings. The van der Waals surface area contributed by atoms with Crippen LogP contribution in [0, 0.1) is 10.1 Å². The van der Waals surface area contributed by atoms with Gasteiger partial charge in [0.2, 0.25) is 0 Å². The van der Waals surface area contributed by atoms with Crippen LogP contribution in [0.2, 0.25) is 0 Å². The van der Waals surface area contributed by atoms with Crippen molar-refractivity contribution in [3.63, 3.8) is 0 Å². The summed E-state index contributed by atoms with van der Waals surface area (Å²) in [6, 6.07) is 4.37. The minimum atomic E-state index is -0.696. The number of carbonyl (C=O) groups excluding carboxylic acids is 2. The number of anilines is 1. The second-order valence-electron chi connectivity index (χ2n) is 7.16. The molecule has 3 rings (SSSR count). The van der Waals surface area contributed by atoms with E-state index < -0.39 is 10.9 Å². The van der Waals surface area contributed by atoms with Gasteiger partial charge in [-0.2, -0.15) is 0 Å². The lowest BCUT2D eigenvalue weighted by molar-refractivity contribution is -0.384. The molecule has 0 aromatic heterocycles. The van der Waals surface area contributed by atoms with E-state index >= 15 is 0 Å². The Morgan fingerprint density at radius 1 is 1.19 bits per heavy atom. The highest BCUT2D eigenvalue weighted by molar-refractivity contribution is 5.97. The number of esters is 1. The summed E-state index contributed by atoms with van der Waals surface area (Å²) in [5, 5.41) is 11.1. The molecule has 0 spiro atoms. The Morgan fingerprint density at radius 2 is 1.89 bits per heavy atom. The molecule has 0 unspecified atom stereocenters. The Balaban J connectivity index is 1.73. The summed E-state index contributed by atoms with van der Waals surface area (Å²) in [4.78, 5) is 39.3. The number of likely N-dealkylation sites (tertiary alicyclic amines) is 1. The molecule has 8 nitrogen and oxygen atoms in total. The maximum absolute atomic E-state index is 12.6. The molecule has 1 aromatic carbocycles. The van der Waals surface area contributed by atoms with Crippen LogP contribution in [-0.2, 0) is 9.53 Å². The lowest BCUT2D eigenvalue weighted by Gasteiger charge is -2.33. The first-order chi connectivity index (χ1) is 13.0. The van der Waals surface area contributed by atoms with E-state index in [2.05, 4.69) is 0 Å². The molecule has 0 bridgehead atoms. The second-order valence-corrected chi connectivity index (χ2v) is 7.16. The minimum absolute atomic E-state index is 0.142. The lowest BCUT2D eigenvalue weighted by atomic mass is 10.0. The van der Waals surface area contributed by atoms with Crippen LogP contribution in [0.1, 0.15) is 49.4 Å². The van der Waals surface area contributed by atoms with Crippen molar-refractivity contribution in [2.24, 2.45) is 0 Å². The molecule has 0 saturated carbocycles. The van der Waals surface area contributed by atoms with E-state index in [0.717, 1.165) is 45.2 Å². The summed E-state index contributed by atoms with van der Waals surface area (Å²) in [6.45, 7) is 3.91. The van der Waals surface area contributed by atoms with Gasteiger partial charge in [0.15, 0.2) is 6.61 Å². The van der Waals surface area contributed by atoms with E-state index in [9.17, 15) is 19.7 Å². The van der Waals surface area contributed by atoms with E-state index in [1.54, 1.807) is 11.0 Å². The van der Waals surface area contributed by atoms with E-state index in [-0.39, 0.29) is 29.8 Å². The largest absolute Gasteiger partial charge is 0.452 e. The van der Waals surface area contributed by atoms with Crippen LogP contribution in [0.4, 0.5) is 11.4 Å². The molecular weight excluding hydrogens is 350 g/mol. The van der Waals surface area contributed by atoms with Crippen molar-refractivity contribution in [3.05, 3.63) is 33.9 Å². The van der Waals surface area contributed by atoms with Crippen molar-refractivity contribution in [1.29, 1.82) is 0 Å². The predicted molar refractivity (Wildman–Crippen MR) is 99.9 cm³/mol. The Morgan fingerprint density at radius 3 is 2.56 bits per heavy atom. The maximum atomic E-state index is 12.6. The van der Waals surface area contributed by atoms with Gasteiger partial charge in [-0.3, -0.25) is 14.9 Å². The van der Waals surface area contributed by atoms with Crippen LogP contribution in [0.15, 0.2) is 18.2 Å². The molecule has 2 aliphatic heterocycles. The molecule has 0 N–H and O–H groups in total. The second kappa shape index (κ2) is 8.37. The van der Waals surface area contributed by atoms with Crippen molar-refractivity contribution in [3.8, 4) is 0 Å². The van der Waals surface area contributed by atoms with Crippen LogP contribution in [0.3, 0.4) is 0 Å². The molecule has 0 aliphatic carbocycles. The molecule has 2 aliphatic rings. The van der Waals surface area contributed by atoms with Crippen molar-refractivity contribution in [2.75, 3.05) is 31.1 Å². The minimum Gasteiger partial charge on any atom is -0.452 e. The fourth-order valence-electron chi connectivity index (χ4n) is 3.79. The first kappa shape index (κ1) is 19.1. The monoisotopic (exact) mass is 375 g/mol. The molecule has 2 heterocycles. The van der Waals surface area contributed by atoms with Crippen molar-refractivity contribution >= 4 is 23.3 Å². The number of nitrogens with zero attached hydrogens (tertiary/aromatic N) is 3. The lowest BCUT2D eigenvalue weighted by Crippen LogP contribution is -2.44. The van der Waals surface area contributed by atoms with Crippen molar-refractivity contribution in [1.82, 2.24) is 4.90 Å². The van der Waals surface area contributed by atoms with Crippen LogP contribution in [0.25, 0.3) is 0 Å². The quantitative estimate of drug-likeness (QED) is 0.446. The van der Waals surface area contributed by atoms with E-state index in [4.69, 9.17) is 4.74 Å². The smallest absolute Gasteiger partial charge is 0.341 e. The van der Waals surface area contributed by atoms with Gasteiger partial charge in [-0.1, -0.05) is 0 Å². The average Bonchev–Trinajstić information content (AvgIpc) is 3.20. The van der Waals surface area contributed by atoms with E-state index in [1.165, 1.54) is 12.1 Å². The molecule has 2 saturated heterocycles. The third kappa shape index (κ3) is 4.37. The van der Waals surface area contributed by atoms with E-state index in [1.807, 2.05) is 11.8 Å². The van der Waals surface area contributed by atoms with Gasteiger partial charge in [-0.25, -0.2) is 4.79 Å². The fraction of sp³-hybridized carbons (Fsp3) is 0.579. The van der Waals surface area contributed by atoms with Gasteiger partial charge in [0.1, 0.15) is 0 Å². The number of nitro groups is 1. The Bertz CT molecular complexity index is 730. The van der Waals surface area contributed by atoms with E-state index in [0.29, 0.717) is 12.2 Å². The number of piperidine rings is 1. The number of rotatable bonds is 5. The molecule has 0 radical (unpaired) electrons. The van der Waals surface area contributed by atoms with Crippen LogP contribution in [-0.4, -0.2) is 54.0 Å². The standard InChI is InChI=1S/C19H25N3O5/c1-14-6-2-3-11-21(14)18(23)13-27-19(24)16-12-15(22(25)26)7-8-17(16)20-9-4-5-10-20/h7-8,12,14H,2-6,9-11,13H2,1H3/t14-/m1/s1. The molecular formula is C19H25N3O5. The average molecular weight is 375 g/mol. The van der Waals surface area contributed by atoms with Gasteiger partial charge in [0, 0.05) is 37.8 Å². The Kier molecular flexibility index (Phi) is 5.93. The highest BCUT2D eigenvalue weighted by atomic mass is 16.6. The zero-order valence-corrected chi connectivity index (χ0v) is 15.6. The Hall–Kier alpha value is -2.64. The van der Waals surface area contributed by atoms with Crippen LogP contribution in [0.5, 0.6) is 0 Å². The summed E-state index contributed by atoms with van der Waals surface area (Å²) in [5.41, 5.74) is 0.605. The topological polar surface area (TPSA) is 93.0 Å². The summed E-state index contributed by atoms with van der Waals surface area (Å²) >= 11 is 0. The van der Waals surface area contributed by atoms with Gasteiger partial charge in [0.25, 0.3) is 11.6 Å². The maximum Gasteiger partial charge on any atom is 0.341 e. The normalized spacial score (nSPS) is 19.8. The van der Waals surface area contributed by atoms with Crippen molar-refractivity contribution in [2.45, 2.75) is 45.1 Å². The number of hydrogen-bond acceptors (Lipinski definition) is 6. The number of non-ortho nitro benzene ring substituents is 1.